The number of ether oxygens (including phenoxy) is 1. The standard InChI is InChI=1S/C23H26N2O3/c1-5-13-28-19-8-6-7-18(14-19)24-21-20(17-11-9-16(4)10-12-17)22(26)25(15(2)3)23(21)27/h6-12,14-15,24H,5,13H2,1-4H3. The number of aryl methyl sites for hydroxylation is 1. The number of carbonyl (C=O) groups is 2. The van der Waals surface area contributed by atoms with Crippen molar-refractivity contribution in [1.82, 2.24) is 4.90 Å². The van der Waals surface area contributed by atoms with Crippen molar-refractivity contribution in [3.63, 3.8) is 0 Å². The number of nitrogens with zero attached hydrogens (tertiary/aromatic N) is 1. The second kappa shape index (κ2) is 8.30. The lowest BCUT2D eigenvalue weighted by atomic mass is 10.0. The highest BCUT2D eigenvalue weighted by Crippen LogP contribution is 2.32. The zero-order chi connectivity index (χ0) is 20.3. The maximum atomic E-state index is 13.0. The summed E-state index contributed by atoms with van der Waals surface area (Å²) in [7, 11) is 0. The molecule has 0 saturated heterocycles. The molecule has 0 radical (unpaired) electrons. The summed E-state index contributed by atoms with van der Waals surface area (Å²) in [4.78, 5) is 27.4. The van der Waals surface area contributed by atoms with Crippen LogP contribution in [0, 0.1) is 6.92 Å². The fraction of sp³-hybridized carbons (Fsp3) is 0.304. The average Bonchev–Trinajstić information content (AvgIpc) is 2.91. The van der Waals surface area contributed by atoms with Gasteiger partial charge in [-0.3, -0.25) is 14.5 Å². The van der Waals surface area contributed by atoms with Gasteiger partial charge in [-0.2, -0.15) is 0 Å². The minimum atomic E-state index is -0.310. The van der Waals surface area contributed by atoms with Crippen LogP contribution in [-0.4, -0.2) is 29.4 Å². The SMILES string of the molecule is CCCOc1cccc(NC2=C(c3ccc(C)cc3)C(=O)N(C(C)C)C2=O)c1. The molecule has 2 aromatic rings. The van der Waals surface area contributed by atoms with E-state index >= 15 is 0 Å². The maximum absolute atomic E-state index is 13.0. The van der Waals surface area contributed by atoms with Gasteiger partial charge in [-0.05, 0) is 44.9 Å². The van der Waals surface area contributed by atoms with Gasteiger partial charge in [-0.15, -0.1) is 0 Å². The highest BCUT2D eigenvalue weighted by Gasteiger charge is 2.40. The lowest BCUT2D eigenvalue weighted by Gasteiger charge is -2.19. The topological polar surface area (TPSA) is 58.6 Å². The van der Waals surface area contributed by atoms with Crippen LogP contribution in [0.2, 0.25) is 0 Å². The number of anilines is 1. The average molecular weight is 378 g/mol. The van der Waals surface area contributed by atoms with Gasteiger partial charge in [-0.25, -0.2) is 0 Å². The molecule has 1 aliphatic heterocycles. The van der Waals surface area contributed by atoms with E-state index in [1.807, 2.05) is 76.2 Å². The Balaban J connectivity index is 2.01. The molecule has 146 valence electrons. The van der Waals surface area contributed by atoms with Crippen LogP contribution in [0.15, 0.2) is 54.2 Å². The first kappa shape index (κ1) is 19.7. The summed E-state index contributed by atoms with van der Waals surface area (Å²) in [5.74, 6) is 0.141. The molecule has 1 N–H and O–H groups in total. The van der Waals surface area contributed by atoms with Crippen molar-refractivity contribution in [3.05, 3.63) is 65.4 Å². The predicted octanol–water partition coefficient (Wildman–Crippen LogP) is 4.38. The molecule has 1 aliphatic rings. The van der Waals surface area contributed by atoms with E-state index in [-0.39, 0.29) is 17.9 Å². The molecule has 0 unspecified atom stereocenters. The Morgan fingerprint density at radius 3 is 2.39 bits per heavy atom. The molecule has 0 spiro atoms. The minimum Gasteiger partial charge on any atom is -0.494 e. The fourth-order valence-corrected chi connectivity index (χ4v) is 3.15. The third-order valence-electron chi connectivity index (χ3n) is 4.55. The molecule has 2 amide bonds. The largest absolute Gasteiger partial charge is 0.494 e. The summed E-state index contributed by atoms with van der Waals surface area (Å²) in [5.41, 5.74) is 3.24. The number of hydrogen-bond acceptors (Lipinski definition) is 4. The molecule has 28 heavy (non-hydrogen) atoms. The van der Waals surface area contributed by atoms with Gasteiger partial charge in [0.05, 0.1) is 12.2 Å². The van der Waals surface area contributed by atoms with E-state index in [0.29, 0.717) is 23.6 Å². The number of rotatable bonds is 7. The molecule has 1 heterocycles. The summed E-state index contributed by atoms with van der Waals surface area (Å²) in [6, 6.07) is 14.8. The number of hydrogen-bond donors (Lipinski definition) is 1. The zero-order valence-electron chi connectivity index (χ0n) is 16.8. The second-order valence-electron chi connectivity index (χ2n) is 7.19. The van der Waals surface area contributed by atoms with Gasteiger partial charge >= 0.3 is 0 Å². The van der Waals surface area contributed by atoms with Crippen LogP contribution in [-0.2, 0) is 9.59 Å². The Hall–Kier alpha value is -3.08. The lowest BCUT2D eigenvalue weighted by Crippen LogP contribution is -2.38. The van der Waals surface area contributed by atoms with E-state index in [1.165, 1.54) is 4.90 Å². The minimum absolute atomic E-state index is 0.223. The maximum Gasteiger partial charge on any atom is 0.278 e. The van der Waals surface area contributed by atoms with Crippen molar-refractivity contribution in [2.24, 2.45) is 0 Å². The Morgan fingerprint density at radius 1 is 1.04 bits per heavy atom. The van der Waals surface area contributed by atoms with E-state index in [1.54, 1.807) is 0 Å². The molecule has 0 fully saturated rings. The summed E-state index contributed by atoms with van der Waals surface area (Å²) < 4.78 is 5.67. The number of imide groups is 1. The van der Waals surface area contributed by atoms with Crippen molar-refractivity contribution < 1.29 is 14.3 Å². The normalized spacial score (nSPS) is 14.2. The van der Waals surface area contributed by atoms with Crippen LogP contribution in [0.5, 0.6) is 5.75 Å². The van der Waals surface area contributed by atoms with Crippen molar-refractivity contribution in [2.75, 3.05) is 11.9 Å². The number of amides is 2. The quantitative estimate of drug-likeness (QED) is 0.726. The van der Waals surface area contributed by atoms with Crippen LogP contribution in [0.1, 0.15) is 38.3 Å². The second-order valence-corrected chi connectivity index (χ2v) is 7.19. The lowest BCUT2D eigenvalue weighted by molar-refractivity contribution is -0.138. The number of carbonyl (C=O) groups excluding carboxylic acids is 2. The Labute approximate surface area is 166 Å². The van der Waals surface area contributed by atoms with E-state index in [0.717, 1.165) is 23.3 Å². The van der Waals surface area contributed by atoms with Gasteiger partial charge in [0.15, 0.2) is 0 Å². The zero-order valence-corrected chi connectivity index (χ0v) is 16.8. The van der Waals surface area contributed by atoms with Gasteiger partial charge in [-0.1, -0.05) is 42.8 Å². The molecule has 5 nitrogen and oxygen atoms in total. The summed E-state index contributed by atoms with van der Waals surface area (Å²) >= 11 is 0. The van der Waals surface area contributed by atoms with Crippen LogP contribution < -0.4 is 10.1 Å². The Kier molecular flexibility index (Phi) is 5.83. The van der Waals surface area contributed by atoms with Crippen LogP contribution in [0.4, 0.5) is 5.69 Å². The van der Waals surface area contributed by atoms with Crippen molar-refractivity contribution in [3.8, 4) is 5.75 Å². The van der Waals surface area contributed by atoms with Gasteiger partial charge in [0.2, 0.25) is 0 Å². The predicted molar refractivity (Wildman–Crippen MR) is 111 cm³/mol. The van der Waals surface area contributed by atoms with E-state index < -0.39 is 0 Å². The molecule has 0 atom stereocenters. The monoisotopic (exact) mass is 378 g/mol. The molecule has 3 rings (SSSR count). The molecule has 0 aromatic heterocycles. The first-order valence-corrected chi connectivity index (χ1v) is 9.61. The summed E-state index contributed by atoms with van der Waals surface area (Å²) in [6.07, 6.45) is 0.913. The third-order valence-corrected chi connectivity index (χ3v) is 4.55. The summed E-state index contributed by atoms with van der Waals surface area (Å²) in [5, 5.41) is 3.17. The molecular formula is C23H26N2O3. The van der Waals surface area contributed by atoms with E-state index in [2.05, 4.69) is 5.32 Å². The Morgan fingerprint density at radius 2 is 1.75 bits per heavy atom. The molecule has 2 aromatic carbocycles. The van der Waals surface area contributed by atoms with Gasteiger partial charge in [0.1, 0.15) is 11.4 Å². The number of nitrogens with one attached hydrogen (secondary N) is 1. The fourth-order valence-electron chi connectivity index (χ4n) is 3.15. The highest BCUT2D eigenvalue weighted by molar-refractivity contribution is 6.36. The summed E-state index contributed by atoms with van der Waals surface area (Å²) in [6.45, 7) is 8.33. The van der Waals surface area contributed by atoms with Gasteiger partial charge < -0.3 is 10.1 Å². The molecular weight excluding hydrogens is 352 g/mol. The van der Waals surface area contributed by atoms with Gasteiger partial charge in [0.25, 0.3) is 11.8 Å². The third kappa shape index (κ3) is 3.93. The smallest absolute Gasteiger partial charge is 0.278 e. The van der Waals surface area contributed by atoms with Crippen molar-refractivity contribution >= 4 is 23.1 Å². The van der Waals surface area contributed by atoms with Crippen LogP contribution in [0.25, 0.3) is 5.57 Å². The highest BCUT2D eigenvalue weighted by atomic mass is 16.5. The molecule has 0 saturated carbocycles. The first-order chi connectivity index (χ1) is 13.4. The van der Waals surface area contributed by atoms with E-state index in [9.17, 15) is 9.59 Å². The van der Waals surface area contributed by atoms with Crippen LogP contribution in [0.3, 0.4) is 0 Å². The Bertz CT molecular complexity index is 914. The van der Waals surface area contributed by atoms with Crippen molar-refractivity contribution in [1.29, 1.82) is 0 Å². The first-order valence-electron chi connectivity index (χ1n) is 9.61. The van der Waals surface area contributed by atoms with E-state index in [4.69, 9.17) is 4.74 Å². The number of benzene rings is 2. The molecule has 0 bridgehead atoms. The van der Waals surface area contributed by atoms with Gasteiger partial charge in [0, 0.05) is 17.8 Å². The molecule has 5 heteroatoms. The molecule has 0 aliphatic carbocycles. The van der Waals surface area contributed by atoms with Crippen LogP contribution >= 0.6 is 0 Å². The van der Waals surface area contributed by atoms with Crippen molar-refractivity contribution in [2.45, 2.75) is 40.2 Å².